The molecule has 0 saturated carbocycles. The van der Waals surface area contributed by atoms with Gasteiger partial charge in [0.05, 0.1) is 0 Å². The van der Waals surface area contributed by atoms with Crippen molar-refractivity contribution < 1.29 is 9.84 Å². The van der Waals surface area contributed by atoms with Crippen LogP contribution in [0.15, 0.2) is 24.3 Å². The number of para-hydroxylation sites is 1. The van der Waals surface area contributed by atoms with Gasteiger partial charge < -0.3 is 15.2 Å². The van der Waals surface area contributed by atoms with Crippen molar-refractivity contribution in [1.29, 1.82) is 0 Å². The van der Waals surface area contributed by atoms with Gasteiger partial charge in [0.15, 0.2) is 0 Å². The molecule has 0 heterocycles. The first-order chi connectivity index (χ1) is 9.13. The van der Waals surface area contributed by atoms with Gasteiger partial charge in [-0.2, -0.15) is 11.8 Å². The summed E-state index contributed by atoms with van der Waals surface area (Å²) in [5.74, 6) is 1.99. The third-order valence-electron chi connectivity index (χ3n) is 2.98. The van der Waals surface area contributed by atoms with Gasteiger partial charge in [0.25, 0.3) is 0 Å². The van der Waals surface area contributed by atoms with E-state index in [0.29, 0.717) is 19.2 Å². The van der Waals surface area contributed by atoms with Gasteiger partial charge in [-0.25, -0.2) is 0 Å². The van der Waals surface area contributed by atoms with Crippen LogP contribution < -0.4 is 10.1 Å². The lowest BCUT2D eigenvalue weighted by atomic mass is 10.2. The number of ether oxygens (including phenoxy) is 1. The minimum Gasteiger partial charge on any atom is -0.491 e. The Hall–Kier alpha value is -0.710. The molecule has 1 aromatic rings. The van der Waals surface area contributed by atoms with Gasteiger partial charge in [-0.15, -0.1) is 0 Å². The molecular formula is C15H25NO2S. The average Bonchev–Trinajstić information content (AvgIpc) is 2.42. The van der Waals surface area contributed by atoms with E-state index in [0.717, 1.165) is 23.5 Å². The van der Waals surface area contributed by atoms with Crippen molar-refractivity contribution in [2.24, 2.45) is 0 Å². The van der Waals surface area contributed by atoms with Crippen molar-refractivity contribution in [3.05, 3.63) is 29.8 Å². The number of thioether (sulfide) groups is 1. The molecule has 3 nitrogen and oxygen atoms in total. The summed E-state index contributed by atoms with van der Waals surface area (Å²) < 4.78 is 5.62. The summed E-state index contributed by atoms with van der Waals surface area (Å²) in [6.07, 6.45) is 2.75. The highest BCUT2D eigenvalue weighted by atomic mass is 32.2. The zero-order valence-corrected chi connectivity index (χ0v) is 12.9. The highest BCUT2D eigenvalue weighted by Crippen LogP contribution is 2.16. The van der Waals surface area contributed by atoms with Crippen molar-refractivity contribution in [2.45, 2.75) is 32.4 Å². The van der Waals surface area contributed by atoms with Crippen LogP contribution in [-0.4, -0.2) is 42.4 Å². The molecule has 0 amide bonds. The summed E-state index contributed by atoms with van der Waals surface area (Å²) in [6, 6.07) is 8.28. The first kappa shape index (κ1) is 16.3. The van der Waals surface area contributed by atoms with Crippen molar-refractivity contribution >= 4 is 11.8 Å². The number of rotatable bonds is 9. The zero-order chi connectivity index (χ0) is 14.1. The zero-order valence-electron chi connectivity index (χ0n) is 12.1. The second-order valence-electron chi connectivity index (χ2n) is 4.82. The van der Waals surface area contributed by atoms with E-state index in [9.17, 15) is 5.11 Å². The lowest BCUT2D eigenvalue weighted by molar-refractivity contribution is 0.103. The van der Waals surface area contributed by atoms with Crippen LogP contribution in [0.2, 0.25) is 0 Å². The maximum atomic E-state index is 9.88. The molecule has 2 N–H and O–H groups in total. The maximum Gasteiger partial charge on any atom is 0.122 e. The summed E-state index contributed by atoms with van der Waals surface area (Å²) in [7, 11) is 0. The first-order valence-electron chi connectivity index (χ1n) is 6.72. The largest absolute Gasteiger partial charge is 0.491 e. The third kappa shape index (κ3) is 6.85. The van der Waals surface area contributed by atoms with E-state index >= 15 is 0 Å². The number of aryl methyl sites for hydroxylation is 1. The van der Waals surface area contributed by atoms with Crippen molar-refractivity contribution in [3.8, 4) is 5.75 Å². The van der Waals surface area contributed by atoms with E-state index in [1.165, 1.54) is 0 Å². The molecule has 2 unspecified atom stereocenters. The molecule has 0 aliphatic carbocycles. The normalized spacial score (nSPS) is 14.1. The Balaban J connectivity index is 2.21. The van der Waals surface area contributed by atoms with Crippen LogP contribution in [0.1, 0.15) is 18.9 Å². The van der Waals surface area contributed by atoms with E-state index in [1.807, 2.05) is 43.0 Å². The van der Waals surface area contributed by atoms with Crippen LogP contribution in [-0.2, 0) is 0 Å². The minimum atomic E-state index is -0.476. The maximum absolute atomic E-state index is 9.88. The van der Waals surface area contributed by atoms with Crippen LogP contribution in [0.4, 0.5) is 0 Å². The second kappa shape index (κ2) is 9.23. The highest BCUT2D eigenvalue weighted by Gasteiger charge is 2.08. The van der Waals surface area contributed by atoms with Crippen LogP contribution in [0.25, 0.3) is 0 Å². The van der Waals surface area contributed by atoms with E-state index < -0.39 is 6.10 Å². The molecule has 0 aromatic heterocycles. The standard InChI is InChI=1S/C15H25NO2S/c1-12-6-4-5-7-15(12)18-11-14(17)10-16-13(2)8-9-19-3/h4-7,13-14,16-17H,8-11H2,1-3H3. The fourth-order valence-electron chi connectivity index (χ4n) is 1.70. The fourth-order valence-corrected chi connectivity index (χ4v) is 2.29. The van der Waals surface area contributed by atoms with Crippen molar-refractivity contribution in [1.82, 2.24) is 5.32 Å². The van der Waals surface area contributed by atoms with E-state index in [-0.39, 0.29) is 0 Å². The predicted octanol–water partition coefficient (Wildman–Crippen LogP) is 2.47. The average molecular weight is 283 g/mol. The number of aliphatic hydroxyl groups excluding tert-OH is 1. The van der Waals surface area contributed by atoms with Crippen molar-refractivity contribution in [3.63, 3.8) is 0 Å². The van der Waals surface area contributed by atoms with Gasteiger partial charge in [0.2, 0.25) is 0 Å². The molecule has 0 saturated heterocycles. The third-order valence-corrected chi connectivity index (χ3v) is 3.63. The molecule has 2 atom stereocenters. The van der Waals surface area contributed by atoms with E-state index in [4.69, 9.17) is 4.74 Å². The molecule has 4 heteroatoms. The van der Waals surface area contributed by atoms with Crippen LogP contribution in [0, 0.1) is 6.92 Å². The van der Waals surface area contributed by atoms with E-state index in [1.54, 1.807) is 0 Å². The molecule has 0 bridgehead atoms. The number of hydrogen-bond donors (Lipinski definition) is 2. The van der Waals surface area contributed by atoms with Gasteiger partial charge in [-0.1, -0.05) is 18.2 Å². The fraction of sp³-hybridized carbons (Fsp3) is 0.600. The lowest BCUT2D eigenvalue weighted by Gasteiger charge is -2.17. The predicted molar refractivity (Wildman–Crippen MR) is 83.1 cm³/mol. The number of hydrogen-bond acceptors (Lipinski definition) is 4. The van der Waals surface area contributed by atoms with Crippen LogP contribution in [0.5, 0.6) is 5.75 Å². The van der Waals surface area contributed by atoms with Gasteiger partial charge in [0, 0.05) is 12.6 Å². The first-order valence-corrected chi connectivity index (χ1v) is 8.11. The van der Waals surface area contributed by atoms with Crippen LogP contribution >= 0.6 is 11.8 Å². The van der Waals surface area contributed by atoms with Gasteiger partial charge >= 0.3 is 0 Å². The number of aliphatic hydroxyl groups is 1. The minimum absolute atomic E-state index is 0.326. The quantitative estimate of drug-likeness (QED) is 0.730. The molecule has 108 valence electrons. The summed E-state index contributed by atoms with van der Waals surface area (Å²) in [4.78, 5) is 0. The monoisotopic (exact) mass is 283 g/mol. The van der Waals surface area contributed by atoms with Crippen LogP contribution in [0.3, 0.4) is 0 Å². The summed E-state index contributed by atoms with van der Waals surface area (Å²) in [6.45, 7) is 5.05. The molecular weight excluding hydrogens is 258 g/mol. The molecule has 1 rings (SSSR count). The summed E-state index contributed by atoms with van der Waals surface area (Å²) in [5.41, 5.74) is 1.09. The van der Waals surface area contributed by atoms with E-state index in [2.05, 4.69) is 18.5 Å². The Morgan fingerprint density at radius 1 is 1.37 bits per heavy atom. The molecule has 0 aliphatic heterocycles. The molecule has 0 spiro atoms. The number of benzene rings is 1. The Kier molecular flexibility index (Phi) is 7.94. The summed E-state index contributed by atoms with van der Waals surface area (Å²) >= 11 is 1.85. The lowest BCUT2D eigenvalue weighted by Crippen LogP contribution is -2.36. The van der Waals surface area contributed by atoms with Gasteiger partial charge in [-0.3, -0.25) is 0 Å². The second-order valence-corrected chi connectivity index (χ2v) is 5.81. The molecule has 0 aliphatic rings. The number of nitrogens with one attached hydrogen (secondary N) is 1. The molecule has 0 radical (unpaired) electrons. The topological polar surface area (TPSA) is 41.5 Å². The van der Waals surface area contributed by atoms with Crippen molar-refractivity contribution in [2.75, 3.05) is 25.2 Å². The Bertz CT molecular complexity index is 360. The van der Waals surface area contributed by atoms with Gasteiger partial charge in [-0.05, 0) is 43.9 Å². The smallest absolute Gasteiger partial charge is 0.122 e. The summed E-state index contributed by atoms with van der Waals surface area (Å²) in [5, 5.41) is 13.2. The Morgan fingerprint density at radius 2 is 2.11 bits per heavy atom. The molecule has 19 heavy (non-hydrogen) atoms. The van der Waals surface area contributed by atoms with Gasteiger partial charge in [0.1, 0.15) is 18.5 Å². The highest BCUT2D eigenvalue weighted by molar-refractivity contribution is 7.98. The molecule has 1 aromatic carbocycles. The Labute approximate surface area is 120 Å². The SMILES string of the molecule is CSCCC(C)NCC(O)COc1ccccc1C. The Morgan fingerprint density at radius 3 is 2.79 bits per heavy atom. The molecule has 0 fully saturated rings.